The molecule has 168 valence electrons. The van der Waals surface area contributed by atoms with Gasteiger partial charge in [-0.15, -0.1) is 11.3 Å². The molecule has 0 unspecified atom stereocenters. The molecule has 8 nitrogen and oxygen atoms in total. The van der Waals surface area contributed by atoms with Gasteiger partial charge in [-0.1, -0.05) is 18.2 Å². The summed E-state index contributed by atoms with van der Waals surface area (Å²) in [5, 5.41) is 13.5. The van der Waals surface area contributed by atoms with E-state index in [-0.39, 0.29) is 10.6 Å². The largest absolute Gasteiger partial charge is 0.284 e. The number of thiophene rings is 1. The molecule has 1 fully saturated rings. The lowest BCUT2D eigenvalue weighted by Crippen LogP contribution is -2.35. The van der Waals surface area contributed by atoms with Crippen molar-refractivity contribution in [1.82, 2.24) is 14.3 Å². The van der Waals surface area contributed by atoms with Crippen molar-refractivity contribution in [2.24, 2.45) is 0 Å². The highest BCUT2D eigenvalue weighted by atomic mass is 32.2. The summed E-state index contributed by atoms with van der Waals surface area (Å²) in [6, 6.07) is 4.20. The number of hydrogen-bond acceptors (Lipinski definition) is 8. The predicted octanol–water partition coefficient (Wildman–Crippen LogP) is 4.80. The van der Waals surface area contributed by atoms with Crippen LogP contribution in [0.3, 0.4) is 0 Å². The zero-order chi connectivity index (χ0) is 22.3. The first kappa shape index (κ1) is 21.7. The van der Waals surface area contributed by atoms with Crippen molar-refractivity contribution in [2.75, 3.05) is 13.1 Å². The van der Waals surface area contributed by atoms with Crippen LogP contribution in [0.2, 0.25) is 0 Å². The number of aryl methyl sites for hydroxylation is 2. The van der Waals surface area contributed by atoms with Crippen molar-refractivity contribution < 1.29 is 13.3 Å². The molecule has 3 aromatic rings. The first-order valence-electron chi connectivity index (χ1n) is 10.7. The average Bonchev–Trinajstić information content (AvgIpc) is 3.19. The van der Waals surface area contributed by atoms with Crippen LogP contribution in [-0.4, -0.2) is 40.7 Å². The first-order chi connectivity index (χ1) is 15.4. The van der Waals surface area contributed by atoms with Crippen molar-refractivity contribution >= 4 is 49.0 Å². The molecule has 0 radical (unpaired) electrons. The normalized spacial score (nSPS) is 17.4. The highest BCUT2D eigenvalue weighted by Gasteiger charge is 2.29. The Morgan fingerprint density at radius 3 is 2.62 bits per heavy atom. The van der Waals surface area contributed by atoms with Crippen molar-refractivity contribution in [3.8, 4) is 0 Å². The fraction of sp³-hybridized carbons (Fsp3) is 0.429. The maximum Gasteiger partial charge on any atom is 0.284 e. The van der Waals surface area contributed by atoms with Gasteiger partial charge in [-0.3, -0.25) is 10.1 Å². The van der Waals surface area contributed by atoms with Crippen molar-refractivity contribution in [1.29, 1.82) is 0 Å². The zero-order valence-electron chi connectivity index (χ0n) is 17.3. The third kappa shape index (κ3) is 3.91. The Kier molecular flexibility index (Phi) is 5.91. The van der Waals surface area contributed by atoms with Crippen LogP contribution < -0.4 is 0 Å². The van der Waals surface area contributed by atoms with Crippen LogP contribution in [0.25, 0.3) is 10.2 Å². The molecule has 32 heavy (non-hydrogen) atoms. The first-order valence-corrected chi connectivity index (χ1v) is 13.7. The summed E-state index contributed by atoms with van der Waals surface area (Å²) in [7, 11) is -3.75. The minimum Gasteiger partial charge on any atom is -0.258 e. The number of nitro groups is 1. The number of nitro benzene ring substituents is 1. The Labute approximate surface area is 194 Å². The van der Waals surface area contributed by atoms with Gasteiger partial charge in [0, 0.05) is 29.4 Å². The molecular formula is C21H22N4O4S3. The minimum atomic E-state index is -3.75. The molecule has 0 spiro atoms. The van der Waals surface area contributed by atoms with Crippen LogP contribution in [-0.2, 0) is 22.9 Å². The number of fused-ring (bicyclic) bond motifs is 3. The molecule has 0 atom stereocenters. The lowest BCUT2D eigenvalue weighted by molar-refractivity contribution is -0.388. The Hall–Kier alpha value is -2.08. The Balaban J connectivity index is 1.54. The molecule has 1 saturated heterocycles. The standard InChI is InChI=1S/C21H22N4O4S3/c26-25(27)16-12-14(32(28,29)24-10-4-1-5-11-24)8-9-18(16)31-21-19-15-6-2-3-7-17(15)30-20(19)22-13-23-21/h8-9,12-13H,1-7,10-11H2. The quantitative estimate of drug-likeness (QED) is 0.287. The molecule has 0 saturated carbocycles. The Bertz CT molecular complexity index is 1300. The number of piperidine rings is 1. The molecule has 11 heteroatoms. The van der Waals surface area contributed by atoms with Gasteiger partial charge < -0.3 is 0 Å². The number of rotatable bonds is 5. The lowest BCUT2D eigenvalue weighted by atomic mass is 9.97. The number of sulfonamides is 1. The second-order valence-electron chi connectivity index (χ2n) is 8.02. The third-order valence-electron chi connectivity index (χ3n) is 6.00. The van der Waals surface area contributed by atoms with Crippen LogP contribution >= 0.6 is 23.1 Å². The van der Waals surface area contributed by atoms with Gasteiger partial charge in [0.25, 0.3) is 5.69 Å². The number of aromatic nitrogens is 2. The number of nitrogens with zero attached hydrogens (tertiary/aromatic N) is 4. The van der Waals surface area contributed by atoms with Gasteiger partial charge in [-0.2, -0.15) is 4.31 Å². The van der Waals surface area contributed by atoms with Gasteiger partial charge in [0.2, 0.25) is 10.0 Å². The monoisotopic (exact) mass is 490 g/mol. The smallest absolute Gasteiger partial charge is 0.258 e. The molecule has 1 aliphatic carbocycles. The highest BCUT2D eigenvalue weighted by molar-refractivity contribution is 7.99. The molecule has 2 aromatic heterocycles. The average molecular weight is 491 g/mol. The fourth-order valence-corrected chi connectivity index (χ4v) is 8.22. The van der Waals surface area contributed by atoms with Crippen LogP contribution in [0, 0.1) is 10.1 Å². The van der Waals surface area contributed by atoms with E-state index in [1.807, 2.05) is 0 Å². The molecule has 2 aliphatic rings. The molecule has 5 rings (SSSR count). The van der Waals surface area contributed by atoms with E-state index < -0.39 is 14.9 Å². The molecule has 0 N–H and O–H groups in total. The van der Waals surface area contributed by atoms with E-state index in [1.54, 1.807) is 11.3 Å². The van der Waals surface area contributed by atoms with Crippen LogP contribution in [0.15, 0.2) is 39.3 Å². The minimum absolute atomic E-state index is 0.0313. The predicted molar refractivity (Wildman–Crippen MR) is 124 cm³/mol. The third-order valence-corrected chi connectivity index (χ3v) is 10.2. The summed E-state index contributed by atoms with van der Waals surface area (Å²) in [6.45, 7) is 0.906. The maximum absolute atomic E-state index is 13.0. The van der Waals surface area contributed by atoms with E-state index >= 15 is 0 Å². The SMILES string of the molecule is O=[N+]([O-])c1cc(S(=O)(=O)N2CCCCC2)ccc1Sc1ncnc2sc3c(c12)CCCC3. The molecule has 0 amide bonds. The van der Waals surface area contributed by atoms with E-state index in [9.17, 15) is 18.5 Å². The van der Waals surface area contributed by atoms with E-state index in [0.717, 1.165) is 55.2 Å². The van der Waals surface area contributed by atoms with Crippen molar-refractivity contribution in [2.45, 2.75) is 59.8 Å². The highest BCUT2D eigenvalue weighted by Crippen LogP contribution is 2.43. The summed E-state index contributed by atoms with van der Waals surface area (Å²) in [5.74, 6) is 0. The van der Waals surface area contributed by atoms with Gasteiger partial charge in [0.1, 0.15) is 16.2 Å². The molecule has 1 aromatic carbocycles. The van der Waals surface area contributed by atoms with Gasteiger partial charge in [0.15, 0.2) is 0 Å². The number of benzene rings is 1. The van der Waals surface area contributed by atoms with E-state index in [4.69, 9.17) is 0 Å². The topological polar surface area (TPSA) is 106 Å². The van der Waals surface area contributed by atoms with Crippen LogP contribution in [0.5, 0.6) is 0 Å². The molecular weight excluding hydrogens is 468 g/mol. The van der Waals surface area contributed by atoms with Gasteiger partial charge in [-0.05, 0) is 56.2 Å². The zero-order valence-corrected chi connectivity index (χ0v) is 19.8. The molecule has 0 bridgehead atoms. The molecule has 1 aliphatic heterocycles. The van der Waals surface area contributed by atoms with Gasteiger partial charge in [0.05, 0.1) is 14.7 Å². The van der Waals surface area contributed by atoms with Crippen LogP contribution in [0.4, 0.5) is 5.69 Å². The van der Waals surface area contributed by atoms with E-state index in [0.29, 0.717) is 23.0 Å². The number of hydrogen-bond donors (Lipinski definition) is 0. The fourth-order valence-electron chi connectivity index (χ4n) is 4.38. The summed E-state index contributed by atoms with van der Waals surface area (Å²) in [6.07, 6.45) is 8.38. The van der Waals surface area contributed by atoms with Crippen molar-refractivity contribution in [3.63, 3.8) is 0 Å². The van der Waals surface area contributed by atoms with Gasteiger partial charge >= 0.3 is 0 Å². The maximum atomic E-state index is 13.0. The molecule has 3 heterocycles. The summed E-state index contributed by atoms with van der Waals surface area (Å²) in [5.41, 5.74) is 1.04. The van der Waals surface area contributed by atoms with Gasteiger partial charge in [-0.25, -0.2) is 18.4 Å². The Morgan fingerprint density at radius 2 is 1.84 bits per heavy atom. The van der Waals surface area contributed by atoms with Crippen molar-refractivity contribution in [3.05, 3.63) is 45.1 Å². The Morgan fingerprint density at radius 1 is 1.06 bits per heavy atom. The second-order valence-corrected chi connectivity index (χ2v) is 12.1. The second kappa shape index (κ2) is 8.69. The summed E-state index contributed by atoms with van der Waals surface area (Å²) < 4.78 is 27.4. The summed E-state index contributed by atoms with van der Waals surface area (Å²) in [4.78, 5) is 22.8. The lowest BCUT2D eigenvalue weighted by Gasteiger charge is -2.25. The van der Waals surface area contributed by atoms with Crippen LogP contribution in [0.1, 0.15) is 42.5 Å². The summed E-state index contributed by atoms with van der Waals surface area (Å²) >= 11 is 2.88. The van der Waals surface area contributed by atoms with E-state index in [2.05, 4.69) is 9.97 Å². The van der Waals surface area contributed by atoms with E-state index in [1.165, 1.54) is 51.0 Å².